The van der Waals surface area contributed by atoms with Gasteiger partial charge in [0.15, 0.2) is 5.72 Å². The number of hydrogen-bond acceptors (Lipinski definition) is 5. The Morgan fingerprint density at radius 1 is 1.35 bits per heavy atom. The van der Waals surface area contributed by atoms with Gasteiger partial charge in [0.25, 0.3) is 11.5 Å². The maximum Gasteiger partial charge on any atom is 0.352 e. The Balaban J connectivity index is 2.36. The molecule has 1 aliphatic heterocycles. The smallest absolute Gasteiger partial charge is 0.352 e. The number of aliphatic imine (C=N–C) groups is 1. The van der Waals surface area contributed by atoms with Crippen molar-refractivity contribution in [2.24, 2.45) is 10.9 Å². The molecule has 0 aromatic rings. The minimum atomic E-state index is -2.09. The van der Waals surface area contributed by atoms with E-state index in [4.69, 9.17) is 9.57 Å². The van der Waals surface area contributed by atoms with E-state index in [2.05, 4.69) is 4.99 Å². The van der Waals surface area contributed by atoms with Crippen molar-refractivity contribution in [1.82, 2.24) is 5.06 Å². The summed E-state index contributed by atoms with van der Waals surface area (Å²) < 4.78 is 5.66. The lowest BCUT2D eigenvalue weighted by Gasteiger charge is -2.31. The molecule has 7 nitrogen and oxygen atoms in total. The molecule has 2 rings (SSSR count). The molecule has 0 spiro atoms. The van der Waals surface area contributed by atoms with E-state index in [0.29, 0.717) is 18.1 Å². The van der Waals surface area contributed by atoms with Gasteiger partial charge in [0, 0.05) is 7.05 Å². The van der Waals surface area contributed by atoms with Crippen molar-refractivity contribution in [2.75, 3.05) is 14.2 Å². The van der Waals surface area contributed by atoms with Crippen molar-refractivity contribution in [3.63, 3.8) is 0 Å². The molecule has 1 amide bonds. The van der Waals surface area contributed by atoms with Crippen molar-refractivity contribution >= 4 is 17.6 Å². The van der Waals surface area contributed by atoms with Gasteiger partial charge in [-0.05, 0) is 26.2 Å². The molecule has 1 fully saturated rings. The van der Waals surface area contributed by atoms with Crippen LogP contribution in [0, 0.1) is 5.92 Å². The second kappa shape index (κ2) is 6.57. The summed E-state index contributed by atoms with van der Waals surface area (Å²) in [5, 5.41) is 10.7. The van der Waals surface area contributed by atoms with E-state index in [1.165, 1.54) is 20.6 Å². The van der Waals surface area contributed by atoms with Gasteiger partial charge in [-0.15, -0.1) is 0 Å². The van der Waals surface area contributed by atoms with Crippen LogP contribution in [0.3, 0.4) is 0 Å². The first kappa shape index (κ1) is 17.9. The number of rotatable bonds is 5. The van der Waals surface area contributed by atoms with Crippen LogP contribution in [0.5, 0.6) is 0 Å². The number of carbonyl (C=O) groups is 2. The van der Waals surface area contributed by atoms with Gasteiger partial charge in [0.1, 0.15) is 0 Å². The van der Waals surface area contributed by atoms with Gasteiger partial charge < -0.3 is 9.84 Å². The zero-order valence-corrected chi connectivity index (χ0v) is 14.3. The van der Waals surface area contributed by atoms with Crippen molar-refractivity contribution < 1.29 is 24.3 Å². The zero-order chi connectivity index (χ0) is 17.3. The predicted molar refractivity (Wildman–Crippen MR) is 83.9 cm³/mol. The molecular formula is C16H26N2O5. The van der Waals surface area contributed by atoms with Gasteiger partial charge in [-0.1, -0.05) is 32.1 Å². The average molecular weight is 326 g/mol. The van der Waals surface area contributed by atoms with Gasteiger partial charge in [0.05, 0.1) is 12.8 Å². The Bertz CT molecular complexity index is 511. The van der Waals surface area contributed by atoms with Gasteiger partial charge in [-0.2, -0.15) is 0 Å². The summed E-state index contributed by atoms with van der Waals surface area (Å²) >= 11 is 0. The number of ether oxygens (including phenoxy) is 1. The van der Waals surface area contributed by atoms with Gasteiger partial charge >= 0.3 is 5.97 Å². The summed E-state index contributed by atoms with van der Waals surface area (Å²) in [4.78, 5) is 34.0. The predicted octanol–water partition coefficient (Wildman–Crippen LogP) is 2.01. The molecule has 0 saturated heterocycles. The number of amides is 1. The van der Waals surface area contributed by atoms with E-state index in [9.17, 15) is 14.7 Å². The minimum Gasteiger partial charge on any atom is -0.478 e. The molecule has 1 heterocycles. The van der Waals surface area contributed by atoms with Gasteiger partial charge in [0.2, 0.25) is 0 Å². The van der Waals surface area contributed by atoms with E-state index in [1.807, 2.05) is 0 Å². The molecule has 1 atom stereocenters. The second-order valence-corrected chi connectivity index (χ2v) is 6.79. The minimum absolute atomic E-state index is 0.302. The van der Waals surface area contributed by atoms with E-state index in [-0.39, 0.29) is 0 Å². The van der Waals surface area contributed by atoms with Crippen molar-refractivity contribution in [2.45, 2.75) is 63.7 Å². The van der Waals surface area contributed by atoms with Crippen molar-refractivity contribution in [3.8, 4) is 0 Å². The van der Waals surface area contributed by atoms with Crippen LogP contribution in [-0.4, -0.2) is 53.2 Å². The lowest BCUT2D eigenvalue weighted by atomic mass is 9.81. The first-order valence-corrected chi connectivity index (χ1v) is 8.08. The number of aliphatic carboxylic acids is 1. The van der Waals surface area contributed by atoms with Crippen LogP contribution in [0.2, 0.25) is 0 Å². The third-order valence-corrected chi connectivity index (χ3v) is 4.58. The molecule has 0 aromatic heterocycles. The summed E-state index contributed by atoms with van der Waals surface area (Å²) in [6.45, 7) is 3.33. The maximum atomic E-state index is 12.7. The topological polar surface area (TPSA) is 88.4 Å². The third kappa shape index (κ3) is 3.40. The van der Waals surface area contributed by atoms with Crippen LogP contribution in [-0.2, 0) is 19.2 Å². The SMILES string of the molecule is CON(C)C(=O)C1(C(=O)O)OC(C)(C)N=C1CC1CCCCC1. The van der Waals surface area contributed by atoms with Crippen LogP contribution in [0.4, 0.5) is 0 Å². The lowest BCUT2D eigenvalue weighted by Crippen LogP contribution is -2.59. The molecule has 1 N–H and O–H groups in total. The lowest BCUT2D eigenvalue weighted by molar-refractivity contribution is -0.200. The number of carboxylic acid groups (broad SMARTS) is 1. The fourth-order valence-corrected chi connectivity index (χ4v) is 3.44. The molecule has 1 saturated carbocycles. The first-order valence-electron chi connectivity index (χ1n) is 8.08. The Labute approximate surface area is 136 Å². The van der Waals surface area contributed by atoms with E-state index < -0.39 is 23.2 Å². The third-order valence-electron chi connectivity index (χ3n) is 4.58. The number of carbonyl (C=O) groups excluding carboxylic acids is 1. The highest BCUT2D eigenvalue weighted by molar-refractivity contribution is 6.27. The molecule has 0 aromatic carbocycles. The maximum absolute atomic E-state index is 12.7. The summed E-state index contributed by atoms with van der Waals surface area (Å²) in [5.41, 5.74) is -2.84. The van der Waals surface area contributed by atoms with E-state index in [1.54, 1.807) is 13.8 Å². The molecular weight excluding hydrogens is 300 g/mol. The fourth-order valence-electron chi connectivity index (χ4n) is 3.44. The number of hydroxylamine groups is 2. The summed E-state index contributed by atoms with van der Waals surface area (Å²) in [7, 11) is 2.69. The quantitative estimate of drug-likeness (QED) is 0.617. The molecule has 1 unspecified atom stereocenters. The molecule has 7 heteroatoms. The molecule has 1 aliphatic carbocycles. The molecule has 2 aliphatic rings. The Morgan fingerprint density at radius 3 is 2.48 bits per heavy atom. The molecule has 0 bridgehead atoms. The van der Waals surface area contributed by atoms with Gasteiger partial charge in [-0.3, -0.25) is 14.6 Å². The summed E-state index contributed by atoms with van der Waals surface area (Å²) in [6.07, 6.45) is 6.01. The van der Waals surface area contributed by atoms with Crippen molar-refractivity contribution in [3.05, 3.63) is 0 Å². The molecule has 130 valence electrons. The molecule has 0 radical (unpaired) electrons. The summed E-state index contributed by atoms with van der Waals surface area (Å²) in [6, 6.07) is 0. The fraction of sp³-hybridized carbons (Fsp3) is 0.812. The highest BCUT2D eigenvalue weighted by atomic mass is 16.7. The highest BCUT2D eigenvalue weighted by Gasteiger charge is 2.61. The second-order valence-electron chi connectivity index (χ2n) is 6.79. The number of hydrogen-bond donors (Lipinski definition) is 1. The number of nitrogens with zero attached hydrogens (tertiary/aromatic N) is 2. The van der Waals surface area contributed by atoms with Crippen LogP contribution in [0.15, 0.2) is 4.99 Å². The first-order chi connectivity index (χ1) is 10.7. The van der Waals surface area contributed by atoms with Crippen LogP contribution >= 0.6 is 0 Å². The van der Waals surface area contributed by atoms with Crippen LogP contribution in [0.1, 0.15) is 52.4 Å². The monoisotopic (exact) mass is 326 g/mol. The Hall–Kier alpha value is -1.47. The van der Waals surface area contributed by atoms with Gasteiger partial charge in [-0.25, -0.2) is 9.86 Å². The highest BCUT2D eigenvalue weighted by Crippen LogP contribution is 2.38. The standard InChI is InChI=1S/C16H26N2O5/c1-15(2)17-12(10-11-8-6-5-7-9-11)16(23-15,14(20)21)13(19)18(3)22-4/h11H,5-10H2,1-4H3,(H,20,21). The van der Waals surface area contributed by atoms with E-state index in [0.717, 1.165) is 30.7 Å². The van der Waals surface area contributed by atoms with E-state index >= 15 is 0 Å². The summed E-state index contributed by atoms with van der Waals surface area (Å²) in [5.74, 6) is -1.75. The largest absolute Gasteiger partial charge is 0.478 e. The van der Waals surface area contributed by atoms with Crippen LogP contribution in [0.25, 0.3) is 0 Å². The Morgan fingerprint density at radius 2 is 1.96 bits per heavy atom. The molecule has 23 heavy (non-hydrogen) atoms. The van der Waals surface area contributed by atoms with Crippen LogP contribution < -0.4 is 0 Å². The number of likely N-dealkylation sites (N-methyl/N-ethyl adjacent to an activating group) is 1. The normalized spacial score (nSPS) is 27.6. The number of carboxylic acids is 1. The zero-order valence-electron chi connectivity index (χ0n) is 14.3. The average Bonchev–Trinajstić information content (AvgIpc) is 2.78. The van der Waals surface area contributed by atoms with Crippen molar-refractivity contribution in [1.29, 1.82) is 0 Å². The Kier molecular flexibility index (Phi) is 5.10.